The molecule has 0 aliphatic heterocycles. The van der Waals surface area contributed by atoms with E-state index in [2.05, 4.69) is 63.6 Å². The fourth-order valence-corrected chi connectivity index (χ4v) is 4.71. The Hall–Kier alpha value is -4.71. The summed E-state index contributed by atoms with van der Waals surface area (Å²) in [6, 6.07) is 28.6. The molecule has 6 heteroatoms. The summed E-state index contributed by atoms with van der Waals surface area (Å²) in [6.45, 7) is 6.01. The first kappa shape index (κ1) is 29.3. The number of amides is 2. The minimum absolute atomic E-state index is 0.0848. The van der Waals surface area contributed by atoms with Crippen molar-refractivity contribution in [3.05, 3.63) is 118 Å². The third-order valence-corrected chi connectivity index (χ3v) is 7.11. The second kappa shape index (κ2) is 14.1. The highest BCUT2D eigenvalue weighted by molar-refractivity contribution is 5.92. The topological polar surface area (TPSA) is 82.6 Å². The molecule has 2 amide bonds. The Kier molecular flexibility index (Phi) is 10.1. The van der Waals surface area contributed by atoms with Crippen molar-refractivity contribution in [2.45, 2.75) is 46.5 Å². The predicted octanol–water partition coefficient (Wildman–Crippen LogP) is 6.78. The highest BCUT2D eigenvalue weighted by Crippen LogP contribution is 2.23. The van der Waals surface area contributed by atoms with Crippen molar-refractivity contribution < 1.29 is 9.59 Å². The average Bonchev–Trinajstić information content (AvgIpc) is 2.96. The Morgan fingerprint density at radius 3 is 2.27 bits per heavy atom. The first-order valence-electron chi connectivity index (χ1n) is 13.9. The van der Waals surface area contributed by atoms with Gasteiger partial charge in [-0.3, -0.25) is 9.59 Å². The maximum absolute atomic E-state index is 12.6. The maximum Gasteiger partial charge on any atom is 0.244 e. The van der Waals surface area contributed by atoms with Gasteiger partial charge in [-0.2, -0.15) is 5.10 Å². The molecule has 0 atom stereocenters. The van der Waals surface area contributed by atoms with Gasteiger partial charge in [-0.25, -0.2) is 5.43 Å². The van der Waals surface area contributed by atoms with Gasteiger partial charge in [0, 0.05) is 24.6 Å². The van der Waals surface area contributed by atoms with Crippen LogP contribution in [0.4, 0.5) is 11.4 Å². The third kappa shape index (κ3) is 8.64. The van der Waals surface area contributed by atoms with Crippen LogP contribution in [0.15, 0.2) is 90.0 Å². The van der Waals surface area contributed by atoms with Crippen LogP contribution in [0.25, 0.3) is 11.1 Å². The number of nitrogens with zero attached hydrogens (tertiary/aromatic N) is 1. The van der Waals surface area contributed by atoms with E-state index < -0.39 is 0 Å². The summed E-state index contributed by atoms with van der Waals surface area (Å²) < 4.78 is 0. The highest BCUT2D eigenvalue weighted by Gasteiger charge is 2.10. The molecule has 4 aromatic carbocycles. The normalized spacial score (nSPS) is 10.9. The zero-order valence-electron chi connectivity index (χ0n) is 24.3. The van der Waals surface area contributed by atoms with Gasteiger partial charge in [0.15, 0.2) is 0 Å². The number of aryl methyl sites for hydroxylation is 4. The monoisotopic (exact) mass is 546 g/mol. The maximum atomic E-state index is 12.6. The van der Waals surface area contributed by atoms with Crippen molar-refractivity contribution in [2.75, 3.05) is 17.7 Å². The van der Waals surface area contributed by atoms with Crippen LogP contribution in [0.1, 0.15) is 39.8 Å². The lowest BCUT2D eigenvalue weighted by Gasteiger charge is -2.11. The first-order chi connectivity index (χ1) is 19.8. The molecule has 0 bridgehead atoms. The zero-order valence-corrected chi connectivity index (χ0v) is 24.3. The molecule has 0 heterocycles. The molecular weight excluding hydrogens is 508 g/mol. The van der Waals surface area contributed by atoms with Gasteiger partial charge in [-0.15, -0.1) is 0 Å². The van der Waals surface area contributed by atoms with Gasteiger partial charge < -0.3 is 10.6 Å². The molecular formula is C35H38N4O2. The van der Waals surface area contributed by atoms with Gasteiger partial charge in [0.25, 0.3) is 0 Å². The SMILES string of the molecule is CNc1cccc(-c2ccc(CCC=NNC(=O)Cc3cc(NC(=O)Cc4ccc(C)cc4C)ccc3C)cc2)c1. The Balaban J connectivity index is 1.23. The molecule has 3 N–H and O–H groups in total. The number of hydrogen-bond acceptors (Lipinski definition) is 4. The standard InChI is InChI=1S/C35H38N4O2/c1-24-10-14-29(26(3)19-24)22-34(40)38-33-17-11-25(2)31(21-33)23-35(41)39-37-18-6-7-27-12-15-28(16-13-27)30-8-5-9-32(20-30)36-4/h5,8-21,36H,6-7,22-23H2,1-4H3,(H,38,40)(H,39,41). The summed E-state index contributed by atoms with van der Waals surface area (Å²) in [5.74, 6) is -0.283. The number of hydrazone groups is 1. The molecule has 0 spiro atoms. The first-order valence-corrected chi connectivity index (χ1v) is 13.9. The van der Waals surface area contributed by atoms with Gasteiger partial charge in [0.05, 0.1) is 12.8 Å². The van der Waals surface area contributed by atoms with Crippen LogP contribution in [0.5, 0.6) is 0 Å². The molecule has 0 aliphatic rings. The van der Waals surface area contributed by atoms with Gasteiger partial charge >= 0.3 is 0 Å². The average molecular weight is 547 g/mol. The summed E-state index contributed by atoms with van der Waals surface area (Å²) in [5, 5.41) is 10.3. The van der Waals surface area contributed by atoms with Crippen molar-refractivity contribution in [1.29, 1.82) is 0 Å². The van der Waals surface area contributed by atoms with Crippen LogP contribution < -0.4 is 16.1 Å². The second-order valence-corrected chi connectivity index (χ2v) is 10.4. The molecule has 0 unspecified atom stereocenters. The fraction of sp³-hybridized carbons (Fsp3) is 0.229. The lowest BCUT2D eigenvalue weighted by molar-refractivity contribution is -0.120. The lowest BCUT2D eigenvalue weighted by atomic mass is 10.0. The summed E-state index contributed by atoms with van der Waals surface area (Å²) in [7, 11) is 1.92. The molecule has 0 aliphatic carbocycles. The number of hydrogen-bond donors (Lipinski definition) is 3. The molecule has 4 rings (SSSR count). The van der Waals surface area contributed by atoms with Crippen LogP contribution in [0.3, 0.4) is 0 Å². The van der Waals surface area contributed by atoms with Crippen molar-refractivity contribution in [1.82, 2.24) is 5.43 Å². The van der Waals surface area contributed by atoms with Crippen LogP contribution in [-0.4, -0.2) is 25.1 Å². The van der Waals surface area contributed by atoms with Crippen molar-refractivity contribution in [3.8, 4) is 11.1 Å². The van der Waals surface area contributed by atoms with Crippen molar-refractivity contribution in [3.63, 3.8) is 0 Å². The molecule has 0 aromatic heterocycles. The Bertz CT molecular complexity index is 1540. The van der Waals surface area contributed by atoms with Gasteiger partial charge in [-0.05, 0) is 96.8 Å². The minimum atomic E-state index is -0.198. The van der Waals surface area contributed by atoms with E-state index in [1.807, 2.05) is 70.3 Å². The van der Waals surface area contributed by atoms with Crippen LogP contribution in [-0.2, 0) is 28.9 Å². The van der Waals surface area contributed by atoms with Crippen molar-refractivity contribution in [2.24, 2.45) is 5.10 Å². The summed E-state index contributed by atoms with van der Waals surface area (Å²) in [6.07, 6.45) is 3.77. The van der Waals surface area contributed by atoms with E-state index in [4.69, 9.17) is 0 Å². The minimum Gasteiger partial charge on any atom is -0.388 e. The van der Waals surface area contributed by atoms with E-state index in [1.165, 1.54) is 22.3 Å². The summed E-state index contributed by atoms with van der Waals surface area (Å²) >= 11 is 0. The number of rotatable bonds is 11. The smallest absolute Gasteiger partial charge is 0.244 e. The largest absolute Gasteiger partial charge is 0.388 e. The zero-order chi connectivity index (χ0) is 29.2. The number of benzene rings is 4. The van der Waals surface area contributed by atoms with E-state index in [1.54, 1.807) is 6.21 Å². The molecule has 4 aromatic rings. The molecule has 0 radical (unpaired) electrons. The number of carbonyl (C=O) groups excluding carboxylic acids is 2. The van der Waals surface area contributed by atoms with Gasteiger partial charge in [0.1, 0.15) is 0 Å². The fourth-order valence-electron chi connectivity index (χ4n) is 4.71. The van der Waals surface area contributed by atoms with E-state index in [0.717, 1.165) is 40.8 Å². The number of nitrogens with one attached hydrogen (secondary N) is 3. The molecule has 0 saturated heterocycles. The number of anilines is 2. The van der Waals surface area contributed by atoms with E-state index in [9.17, 15) is 9.59 Å². The molecule has 0 fully saturated rings. The van der Waals surface area contributed by atoms with Gasteiger partial charge in [0.2, 0.25) is 11.8 Å². The Morgan fingerprint density at radius 1 is 0.732 bits per heavy atom. The van der Waals surface area contributed by atoms with Crippen LogP contribution in [0.2, 0.25) is 0 Å². The number of carbonyl (C=O) groups is 2. The molecule has 0 saturated carbocycles. The second-order valence-electron chi connectivity index (χ2n) is 10.4. The third-order valence-electron chi connectivity index (χ3n) is 7.11. The quantitative estimate of drug-likeness (QED) is 0.143. The van der Waals surface area contributed by atoms with E-state index in [0.29, 0.717) is 12.1 Å². The van der Waals surface area contributed by atoms with Crippen LogP contribution >= 0.6 is 0 Å². The molecule has 6 nitrogen and oxygen atoms in total. The van der Waals surface area contributed by atoms with Crippen LogP contribution in [0, 0.1) is 20.8 Å². The Morgan fingerprint density at radius 2 is 1.51 bits per heavy atom. The highest BCUT2D eigenvalue weighted by atomic mass is 16.2. The summed E-state index contributed by atoms with van der Waals surface area (Å²) in [4.78, 5) is 25.2. The van der Waals surface area contributed by atoms with Gasteiger partial charge in [-0.1, -0.05) is 66.2 Å². The molecule has 41 heavy (non-hydrogen) atoms. The van der Waals surface area contributed by atoms with E-state index in [-0.39, 0.29) is 18.2 Å². The predicted molar refractivity (Wildman–Crippen MR) is 170 cm³/mol. The van der Waals surface area contributed by atoms with E-state index >= 15 is 0 Å². The lowest BCUT2D eigenvalue weighted by Crippen LogP contribution is -2.20. The summed E-state index contributed by atoms with van der Waals surface area (Å²) in [5.41, 5.74) is 13.1. The van der Waals surface area contributed by atoms with Crippen molar-refractivity contribution >= 4 is 29.4 Å². The molecule has 210 valence electrons. The Labute approximate surface area is 242 Å².